The number of rotatable bonds is 7. The van der Waals surface area contributed by atoms with Crippen LogP contribution in [0.1, 0.15) is 46.5 Å². The van der Waals surface area contributed by atoms with Gasteiger partial charge in [-0.15, -0.1) is 0 Å². The average Bonchev–Trinajstić information content (AvgIpc) is 2.79. The van der Waals surface area contributed by atoms with Gasteiger partial charge in [-0.1, -0.05) is 13.8 Å². The van der Waals surface area contributed by atoms with Crippen molar-refractivity contribution in [2.24, 2.45) is 11.8 Å². The maximum absolute atomic E-state index is 13.1. The van der Waals surface area contributed by atoms with Crippen molar-refractivity contribution >= 4 is 21.8 Å². The molecule has 1 aromatic carbocycles. The SMILES string of the molecule is CCOc1ccc(S(=O)(=O)N2CCC(C(=O)N3CCCC(NC(=O)C(C)C)C3)CC2)cc1. The topological polar surface area (TPSA) is 96.0 Å². The first-order valence-corrected chi connectivity index (χ1v) is 13.0. The molecule has 1 N–H and O–H groups in total. The highest BCUT2D eigenvalue weighted by molar-refractivity contribution is 7.89. The molecule has 2 saturated heterocycles. The number of hydrogen-bond acceptors (Lipinski definition) is 5. The van der Waals surface area contributed by atoms with Crippen molar-refractivity contribution in [3.05, 3.63) is 24.3 Å². The fraction of sp³-hybridized carbons (Fsp3) is 0.652. The Kier molecular flexibility index (Phi) is 8.16. The second-order valence-corrected chi connectivity index (χ2v) is 10.8. The fourth-order valence-corrected chi connectivity index (χ4v) is 5.76. The zero-order valence-electron chi connectivity index (χ0n) is 19.2. The number of nitrogens with one attached hydrogen (secondary N) is 1. The van der Waals surface area contributed by atoms with Crippen LogP contribution in [-0.4, -0.2) is 68.3 Å². The van der Waals surface area contributed by atoms with Gasteiger partial charge in [0.1, 0.15) is 5.75 Å². The van der Waals surface area contributed by atoms with Crippen LogP contribution in [0.15, 0.2) is 29.2 Å². The Morgan fingerprint density at radius 2 is 1.75 bits per heavy atom. The molecule has 2 fully saturated rings. The third-order valence-electron chi connectivity index (χ3n) is 6.18. The molecule has 2 aliphatic rings. The first-order chi connectivity index (χ1) is 15.2. The molecule has 0 saturated carbocycles. The maximum Gasteiger partial charge on any atom is 0.243 e. The summed E-state index contributed by atoms with van der Waals surface area (Å²) in [7, 11) is -3.59. The van der Waals surface area contributed by atoms with E-state index in [2.05, 4.69) is 5.32 Å². The van der Waals surface area contributed by atoms with E-state index < -0.39 is 10.0 Å². The van der Waals surface area contributed by atoms with Crippen molar-refractivity contribution in [3.8, 4) is 5.75 Å². The number of carbonyl (C=O) groups is 2. The van der Waals surface area contributed by atoms with Gasteiger partial charge in [0.25, 0.3) is 0 Å². The number of likely N-dealkylation sites (tertiary alicyclic amines) is 1. The molecule has 3 rings (SSSR count). The Balaban J connectivity index is 1.55. The van der Waals surface area contributed by atoms with Gasteiger partial charge in [-0.25, -0.2) is 8.42 Å². The number of benzene rings is 1. The standard InChI is InChI=1S/C23H35N3O5S/c1-4-31-20-7-9-21(10-8-20)32(29,30)26-14-11-18(12-15-26)23(28)25-13-5-6-19(16-25)24-22(27)17(2)3/h7-10,17-19H,4-6,11-16H2,1-3H3,(H,24,27). The van der Waals surface area contributed by atoms with Gasteiger partial charge in [-0.2, -0.15) is 4.31 Å². The lowest BCUT2D eigenvalue weighted by atomic mass is 9.94. The molecule has 1 atom stereocenters. The highest BCUT2D eigenvalue weighted by Gasteiger charge is 2.35. The molecule has 178 valence electrons. The second-order valence-electron chi connectivity index (χ2n) is 8.87. The minimum Gasteiger partial charge on any atom is -0.494 e. The van der Waals surface area contributed by atoms with Gasteiger partial charge < -0.3 is 15.0 Å². The van der Waals surface area contributed by atoms with Gasteiger partial charge in [0.15, 0.2) is 0 Å². The van der Waals surface area contributed by atoms with Crippen LogP contribution in [-0.2, 0) is 19.6 Å². The molecular formula is C23H35N3O5S. The molecule has 2 amide bonds. The number of hydrogen-bond donors (Lipinski definition) is 1. The number of sulfonamides is 1. The van der Waals surface area contributed by atoms with Crippen LogP contribution in [0.3, 0.4) is 0 Å². The molecule has 2 aliphatic heterocycles. The van der Waals surface area contributed by atoms with Gasteiger partial charge in [-0.05, 0) is 56.9 Å². The lowest BCUT2D eigenvalue weighted by molar-refractivity contribution is -0.139. The minimum atomic E-state index is -3.59. The van der Waals surface area contributed by atoms with Gasteiger partial charge in [0.05, 0.1) is 11.5 Å². The van der Waals surface area contributed by atoms with Gasteiger partial charge >= 0.3 is 0 Å². The predicted molar refractivity (Wildman–Crippen MR) is 122 cm³/mol. The first kappa shape index (κ1) is 24.5. The summed E-state index contributed by atoms with van der Waals surface area (Å²) in [5, 5.41) is 3.03. The summed E-state index contributed by atoms with van der Waals surface area (Å²) >= 11 is 0. The molecule has 0 aromatic heterocycles. The van der Waals surface area contributed by atoms with Crippen molar-refractivity contribution in [1.82, 2.24) is 14.5 Å². The van der Waals surface area contributed by atoms with Crippen molar-refractivity contribution in [1.29, 1.82) is 0 Å². The lowest BCUT2D eigenvalue weighted by Gasteiger charge is -2.37. The molecule has 9 heteroatoms. The van der Waals surface area contributed by atoms with Crippen LogP contribution in [0.4, 0.5) is 0 Å². The summed E-state index contributed by atoms with van der Waals surface area (Å²) in [6.07, 6.45) is 2.75. The summed E-state index contributed by atoms with van der Waals surface area (Å²) in [5.74, 6) is 0.466. The van der Waals surface area contributed by atoms with E-state index in [1.54, 1.807) is 24.3 Å². The number of ether oxygens (including phenoxy) is 1. The highest BCUT2D eigenvalue weighted by atomic mass is 32.2. The second kappa shape index (κ2) is 10.7. The lowest BCUT2D eigenvalue weighted by Crippen LogP contribution is -2.52. The molecule has 1 unspecified atom stereocenters. The number of carbonyl (C=O) groups excluding carboxylic acids is 2. The molecular weight excluding hydrogens is 430 g/mol. The first-order valence-electron chi connectivity index (χ1n) is 11.5. The summed E-state index contributed by atoms with van der Waals surface area (Å²) in [6, 6.07) is 6.45. The van der Waals surface area contributed by atoms with Crippen LogP contribution in [0, 0.1) is 11.8 Å². The minimum absolute atomic E-state index is 0.0112. The summed E-state index contributed by atoms with van der Waals surface area (Å²) in [4.78, 5) is 27.2. The monoisotopic (exact) mass is 465 g/mol. The van der Waals surface area contributed by atoms with Crippen molar-refractivity contribution in [3.63, 3.8) is 0 Å². The maximum atomic E-state index is 13.1. The van der Waals surface area contributed by atoms with E-state index in [9.17, 15) is 18.0 Å². The number of nitrogens with zero attached hydrogens (tertiary/aromatic N) is 2. The fourth-order valence-electron chi connectivity index (χ4n) is 4.29. The highest BCUT2D eigenvalue weighted by Crippen LogP contribution is 2.27. The van der Waals surface area contributed by atoms with Crippen LogP contribution in [0.5, 0.6) is 5.75 Å². The summed E-state index contributed by atoms with van der Waals surface area (Å²) in [5.41, 5.74) is 0. The third-order valence-corrected chi connectivity index (χ3v) is 8.09. The van der Waals surface area contributed by atoms with Crippen LogP contribution < -0.4 is 10.1 Å². The Morgan fingerprint density at radius 1 is 1.09 bits per heavy atom. The van der Waals surface area contributed by atoms with E-state index in [0.29, 0.717) is 51.4 Å². The quantitative estimate of drug-likeness (QED) is 0.666. The van der Waals surface area contributed by atoms with Crippen molar-refractivity contribution in [2.45, 2.75) is 57.4 Å². The van der Waals surface area contributed by atoms with Crippen molar-refractivity contribution < 1.29 is 22.7 Å². The zero-order chi connectivity index (χ0) is 23.3. The van der Waals surface area contributed by atoms with E-state index in [4.69, 9.17) is 4.74 Å². The Bertz CT molecular complexity index is 893. The summed E-state index contributed by atoms with van der Waals surface area (Å²) in [6.45, 7) is 7.99. The number of piperidine rings is 2. The molecule has 2 heterocycles. The van der Waals surface area contributed by atoms with Crippen LogP contribution in [0.25, 0.3) is 0 Å². The van der Waals surface area contributed by atoms with E-state index >= 15 is 0 Å². The largest absolute Gasteiger partial charge is 0.494 e. The summed E-state index contributed by atoms with van der Waals surface area (Å²) < 4.78 is 32.8. The van der Waals surface area contributed by atoms with Gasteiger partial charge in [0.2, 0.25) is 21.8 Å². The van der Waals surface area contributed by atoms with E-state index in [-0.39, 0.29) is 34.6 Å². The Labute approximate surface area is 191 Å². The molecule has 1 aromatic rings. The Hall–Kier alpha value is -2.13. The van der Waals surface area contributed by atoms with Crippen LogP contribution in [0.2, 0.25) is 0 Å². The zero-order valence-corrected chi connectivity index (χ0v) is 20.1. The molecule has 32 heavy (non-hydrogen) atoms. The normalized spacial score (nSPS) is 20.9. The Morgan fingerprint density at radius 3 is 2.34 bits per heavy atom. The van der Waals surface area contributed by atoms with Gasteiger partial charge in [-0.3, -0.25) is 9.59 Å². The molecule has 0 spiro atoms. The molecule has 8 nitrogen and oxygen atoms in total. The average molecular weight is 466 g/mol. The smallest absolute Gasteiger partial charge is 0.243 e. The van der Waals surface area contributed by atoms with Crippen molar-refractivity contribution in [2.75, 3.05) is 32.8 Å². The molecule has 0 radical (unpaired) electrons. The predicted octanol–water partition coefficient (Wildman–Crippen LogP) is 2.25. The van der Waals surface area contributed by atoms with E-state index in [1.165, 1.54) is 4.31 Å². The molecule has 0 aliphatic carbocycles. The number of amides is 2. The van der Waals surface area contributed by atoms with Crippen LogP contribution >= 0.6 is 0 Å². The third kappa shape index (κ3) is 5.81. The van der Waals surface area contributed by atoms with E-state index in [1.807, 2.05) is 25.7 Å². The van der Waals surface area contributed by atoms with E-state index in [0.717, 1.165) is 12.8 Å². The molecule has 0 bridgehead atoms. The van der Waals surface area contributed by atoms with Gasteiger partial charge in [0, 0.05) is 44.1 Å².